The lowest BCUT2D eigenvalue weighted by Crippen LogP contribution is -2.32. The van der Waals surface area contributed by atoms with Crippen molar-refractivity contribution in [3.05, 3.63) is 104 Å². The van der Waals surface area contributed by atoms with Crippen LogP contribution >= 0.6 is 11.3 Å². The van der Waals surface area contributed by atoms with Crippen LogP contribution in [0.5, 0.6) is 11.5 Å². The number of carbonyl (C=O) groups is 1. The molecule has 0 bridgehead atoms. The number of nitrogens with one attached hydrogen (secondary N) is 2. The topological polar surface area (TPSA) is 85.4 Å². The van der Waals surface area contributed by atoms with Crippen molar-refractivity contribution in [3.63, 3.8) is 0 Å². The van der Waals surface area contributed by atoms with E-state index in [-0.39, 0.29) is 17.3 Å². The Balaban J connectivity index is 1.56. The molecule has 0 fully saturated rings. The summed E-state index contributed by atoms with van der Waals surface area (Å²) in [7, 11) is 3.18. The number of aromatic nitrogens is 2. The van der Waals surface area contributed by atoms with Crippen molar-refractivity contribution in [3.8, 4) is 17.2 Å². The number of hydrogen-bond acceptors (Lipinski definition) is 6. The molecule has 0 saturated carbocycles. The molecule has 4 aromatic rings. The summed E-state index contributed by atoms with van der Waals surface area (Å²) in [6.07, 6.45) is 1.09. The highest BCUT2D eigenvalue weighted by Crippen LogP contribution is 2.49. The summed E-state index contributed by atoms with van der Waals surface area (Å²) in [5.74, 6) is 1.39. The Morgan fingerprint density at radius 3 is 2.53 bits per heavy atom. The van der Waals surface area contributed by atoms with Gasteiger partial charge in [0, 0.05) is 40.1 Å². The lowest BCUT2D eigenvalue weighted by Gasteiger charge is -2.34. The number of para-hydroxylation sites is 1. The second kappa shape index (κ2) is 8.87. The maximum absolute atomic E-state index is 13.8. The summed E-state index contributed by atoms with van der Waals surface area (Å²) in [5, 5.41) is 8.73. The summed E-state index contributed by atoms with van der Waals surface area (Å²) in [4.78, 5) is 28.8. The van der Waals surface area contributed by atoms with Gasteiger partial charge in [0.2, 0.25) is 0 Å². The van der Waals surface area contributed by atoms with Crippen LogP contribution in [-0.4, -0.2) is 29.8 Å². The Hall–Kier alpha value is -4.04. The van der Waals surface area contributed by atoms with Gasteiger partial charge in [0.1, 0.15) is 17.3 Å². The zero-order valence-electron chi connectivity index (χ0n) is 19.9. The van der Waals surface area contributed by atoms with Crippen molar-refractivity contribution in [1.29, 1.82) is 0 Å². The number of benzene rings is 2. The second-order valence-electron chi connectivity index (χ2n) is 8.98. The molecule has 8 heteroatoms. The molecule has 1 aliphatic carbocycles. The molecule has 0 radical (unpaired) electrons. The van der Waals surface area contributed by atoms with Gasteiger partial charge in [0.25, 0.3) is 5.56 Å². The number of carbonyl (C=O) groups excluding carboxylic acids is 1. The lowest BCUT2D eigenvalue weighted by molar-refractivity contribution is -0.116. The normalized spacial score (nSPS) is 18.9. The SMILES string of the molecule is COc1ccc(C2C3=C(CC(c4cccs4)CC3=O)Nc3[nH]n(-c4ccccc4)c(=O)c32)c(OC)c1. The number of ether oxygens (including phenoxy) is 2. The van der Waals surface area contributed by atoms with Gasteiger partial charge in [0.05, 0.1) is 31.4 Å². The summed E-state index contributed by atoms with van der Waals surface area (Å²) in [6, 6.07) is 19.0. The van der Waals surface area contributed by atoms with Gasteiger partial charge >= 0.3 is 0 Å². The predicted octanol–water partition coefficient (Wildman–Crippen LogP) is 5.20. The highest BCUT2D eigenvalue weighted by atomic mass is 32.1. The molecule has 0 amide bonds. The molecule has 2 aromatic carbocycles. The minimum atomic E-state index is -0.567. The monoisotopic (exact) mass is 499 g/mol. The van der Waals surface area contributed by atoms with Gasteiger partial charge in [-0.05, 0) is 36.1 Å². The molecular weight excluding hydrogens is 474 g/mol. The maximum atomic E-state index is 13.8. The largest absolute Gasteiger partial charge is 0.497 e. The van der Waals surface area contributed by atoms with Gasteiger partial charge in [-0.15, -0.1) is 11.3 Å². The van der Waals surface area contributed by atoms with E-state index in [4.69, 9.17) is 9.47 Å². The maximum Gasteiger partial charge on any atom is 0.277 e. The van der Waals surface area contributed by atoms with Gasteiger partial charge in [-0.1, -0.05) is 30.3 Å². The first-order valence-corrected chi connectivity index (χ1v) is 12.7. The zero-order chi connectivity index (χ0) is 24.8. The van der Waals surface area contributed by atoms with E-state index in [0.717, 1.165) is 16.9 Å². The Labute approximate surface area is 212 Å². The number of thiophene rings is 1. The van der Waals surface area contributed by atoms with E-state index in [9.17, 15) is 9.59 Å². The molecule has 36 heavy (non-hydrogen) atoms. The van der Waals surface area contributed by atoms with E-state index in [1.165, 1.54) is 9.56 Å². The van der Waals surface area contributed by atoms with E-state index in [0.29, 0.717) is 41.3 Å². The number of rotatable bonds is 5. The van der Waals surface area contributed by atoms with E-state index >= 15 is 0 Å². The van der Waals surface area contributed by atoms with Gasteiger partial charge < -0.3 is 14.8 Å². The molecule has 6 rings (SSSR count). The average molecular weight is 500 g/mol. The van der Waals surface area contributed by atoms with Crippen LogP contribution in [-0.2, 0) is 4.79 Å². The number of Topliss-reactive ketones (excluding diaryl/α,β-unsaturated/α-hetero) is 1. The second-order valence-corrected chi connectivity index (χ2v) is 9.96. The summed E-state index contributed by atoms with van der Waals surface area (Å²) in [5.41, 5.74) is 3.26. The first-order valence-electron chi connectivity index (χ1n) is 11.8. The van der Waals surface area contributed by atoms with Crippen molar-refractivity contribution in [2.75, 3.05) is 19.5 Å². The number of aromatic amines is 1. The highest BCUT2D eigenvalue weighted by molar-refractivity contribution is 7.10. The van der Waals surface area contributed by atoms with Gasteiger partial charge in [-0.25, -0.2) is 4.68 Å². The van der Waals surface area contributed by atoms with Gasteiger partial charge in [0.15, 0.2) is 5.78 Å². The van der Waals surface area contributed by atoms with Crippen LogP contribution in [0.25, 0.3) is 5.69 Å². The molecule has 0 spiro atoms. The Morgan fingerprint density at radius 1 is 0.972 bits per heavy atom. The summed E-state index contributed by atoms with van der Waals surface area (Å²) < 4.78 is 12.7. The van der Waals surface area contributed by atoms with Crippen molar-refractivity contribution in [1.82, 2.24) is 9.78 Å². The molecule has 2 unspecified atom stereocenters. The summed E-state index contributed by atoms with van der Waals surface area (Å²) in [6.45, 7) is 0. The van der Waals surface area contributed by atoms with E-state index in [1.807, 2.05) is 53.9 Å². The molecule has 3 heterocycles. The van der Waals surface area contributed by atoms with E-state index < -0.39 is 5.92 Å². The Bertz CT molecular complexity index is 1530. The number of nitrogens with zero attached hydrogens (tertiary/aromatic N) is 1. The fraction of sp³-hybridized carbons (Fsp3) is 0.214. The van der Waals surface area contributed by atoms with Crippen LogP contribution in [0.2, 0.25) is 0 Å². The van der Waals surface area contributed by atoms with E-state index in [1.54, 1.807) is 31.6 Å². The highest BCUT2D eigenvalue weighted by Gasteiger charge is 2.42. The first-order chi connectivity index (χ1) is 17.6. The Kier molecular flexibility index (Phi) is 5.53. The number of ketones is 1. The quantitative estimate of drug-likeness (QED) is 0.394. The number of methoxy groups -OCH3 is 2. The molecule has 2 N–H and O–H groups in total. The van der Waals surface area contributed by atoms with Crippen LogP contribution in [0.4, 0.5) is 5.82 Å². The molecule has 2 aliphatic rings. The predicted molar refractivity (Wildman–Crippen MR) is 140 cm³/mol. The van der Waals surface area contributed by atoms with Crippen molar-refractivity contribution < 1.29 is 14.3 Å². The molecule has 2 aromatic heterocycles. The molecule has 182 valence electrons. The first kappa shape index (κ1) is 22.4. The third-order valence-corrected chi connectivity index (χ3v) is 8.03. The summed E-state index contributed by atoms with van der Waals surface area (Å²) >= 11 is 1.67. The molecule has 0 saturated heterocycles. The van der Waals surface area contributed by atoms with Crippen LogP contribution in [0.3, 0.4) is 0 Å². The average Bonchev–Trinajstić information content (AvgIpc) is 3.56. The standard InChI is InChI=1S/C28H25N3O4S/c1-34-18-10-11-19(22(15-18)35-2)24-25-20(13-16(14-21(25)32)23-9-6-12-36-23)29-27-26(24)28(33)31(30-27)17-7-4-3-5-8-17/h3-12,15-16,24,29-30H,13-14H2,1-2H3. The molecule has 2 atom stereocenters. The fourth-order valence-corrected chi connectivity index (χ4v) is 6.17. The van der Waals surface area contributed by atoms with Gasteiger partial charge in [-0.2, -0.15) is 0 Å². The number of allylic oxidation sites excluding steroid dienone is 2. The van der Waals surface area contributed by atoms with Crippen LogP contribution in [0.15, 0.2) is 82.1 Å². The molecular formula is C28H25N3O4S. The lowest BCUT2D eigenvalue weighted by atomic mass is 9.73. The zero-order valence-corrected chi connectivity index (χ0v) is 20.7. The molecule has 1 aliphatic heterocycles. The van der Waals surface area contributed by atoms with Crippen molar-refractivity contribution in [2.24, 2.45) is 0 Å². The van der Waals surface area contributed by atoms with Crippen LogP contribution in [0.1, 0.15) is 40.7 Å². The third kappa shape index (κ3) is 3.56. The van der Waals surface area contributed by atoms with Crippen LogP contribution < -0.4 is 20.3 Å². The van der Waals surface area contributed by atoms with Crippen LogP contribution in [0, 0.1) is 0 Å². The molecule has 7 nitrogen and oxygen atoms in total. The third-order valence-electron chi connectivity index (χ3n) is 7.00. The smallest absolute Gasteiger partial charge is 0.277 e. The Morgan fingerprint density at radius 2 is 1.81 bits per heavy atom. The van der Waals surface area contributed by atoms with Crippen molar-refractivity contribution >= 4 is 22.9 Å². The number of fused-ring (bicyclic) bond motifs is 1. The minimum Gasteiger partial charge on any atom is -0.497 e. The minimum absolute atomic E-state index is 0.0440. The fourth-order valence-electron chi connectivity index (χ4n) is 5.34. The number of anilines is 1. The van der Waals surface area contributed by atoms with Crippen molar-refractivity contribution in [2.45, 2.75) is 24.7 Å². The van der Waals surface area contributed by atoms with E-state index in [2.05, 4.69) is 16.5 Å². The van der Waals surface area contributed by atoms with Gasteiger partial charge in [-0.3, -0.25) is 14.7 Å². The number of H-pyrrole nitrogens is 1. The number of hydrogen-bond donors (Lipinski definition) is 2.